The molecule has 0 unspecified atom stereocenters. The zero-order valence-corrected chi connectivity index (χ0v) is 11.8. The minimum absolute atomic E-state index is 0.0879. The summed E-state index contributed by atoms with van der Waals surface area (Å²) in [6.07, 6.45) is 1.84. The van der Waals surface area contributed by atoms with Crippen molar-refractivity contribution in [1.29, 1.82) is 0 Å². The first kappa shape index (κ1) is 13.2. The first-order valence-electron chi connectivity index (χ1n) is 7.23. The second-order valence-electron chi connectivity index (χ2n) is 5.34. The lowest BCUT2D eigenvalue weighted by atomic mass is 10.0. The monoisotopic (exact) mass is 275 g/mol. The van der Waals surface area contributed by atoms with Crippen molar-refractivity contribution in [2.75, 3.05) is 44.0 Å². The molecule has 1 fully saturated rings. The van der Waals surface area contributed by atoms with Gasteiger partial charge in [-0.2, -0.15) is 0 Å². The second-order valence-corrected chi connectivity index (χ2v) is 5.34. The maximum Gasteiger partial charge on any atom is 0.256 e. The fourth-order valence-electron chi connectivity index (χ4n) is 2.88. The first-order valence-corrected chi connectivity index (χ1v) is 7.23. The average molecular weight is 275 g/mol. The molecule has 2 N–H and O–H groups in total. The Morgan fingerprint density at radius 1 is 1.25 bits per heavy atom. The maximum absolute atomic E-state index is 12.7. The standard InChI is InChI=1S/C15H21N3O2/c1-18(11-5-9-20-10-6-11)15(19)12-3-2-4-13-14(12)17-8-7-16-13/h2-4,11,16-17H,5-10H2,1H3. The van der Waals surface area contributed by atoms with Gasteiger partial charge in [-0.05, 0) is 25.0 Å². The van der Waals surface area contributed by atoms with E-state index in [0.717, 1.165) is 56.1 Å². The van der Waals surface area contributed by atoms with E-state index >= 15 is 0 Å². The zero-order chi connectivity index (χ0) is 13.9. The predicted molar refractivity (Wildman–Crippen MR) is 79.4 cm³/mol. The Hall–Kier alpha value is -1.75. The van der Waals surface area contributed by atoms with E-state index in [-0.39, 0.29) is 11.9 Å². The Morgan fingerprint density at radius 3 is 2.80 bits per heavy atom. The molecule has 0 aliphatic carbocycles. The Balaban J connectivity index is 1.83. The van der Waals surface area contributed by atoms with Gasteiger partial charge >= 0.3 is 0 Å². The summed E-state index contributed by atoms with van der Waals surface area (Å²) in [6.45, 7) is 3.22. The molecule has 0 spiro atoms. The molecule has 3 rings (SSSR count). The van der Waals surface area contributed by atoms with Gasteiger partial charge in [-0.1, -0.05) is 6.07 Å². The van der Waals surface area contributed by atoms with Gasteiger partial charge < -0.3 is 20.3 Å². The van der Waals surface area contributed by atoms with Crippen LogP contribution in [0, 0.1) is 0 Å². The molecule has 1 amide bonds. The van der Waals surface area contributed by atoms with E-state index in [0.29, 0.717) is 0 Å². The molecule has 2 heterocycles. The van der Waals surface area contributed by atoms with Gasteiger partial charge in [0.05, 0.1) is 16.9 Å². The van der Waals surface area contributed by atoms with Crippen molar-refractivity contribution in [3.05, 3.63) is 23.8 Å². The van der Waals surface area contributed by atoms with Crippen LogP contribution in [-0.2, 0) is 4.74 Å². The number of carbonyl (C=O) groups is 1. The van der Waals surface area contributed by atoms with Gasteiger partial charge in [0, 0.05) is 39.4 Å². The fraction of sp³-hybridized carbons (Fsp3) is 0.533. The minimum atomic E-state index is 0.0879. The van der Waals surface area contributed by atoms with Crippen molar-refractivity contribution in [3.63, 3.8) is 0 Å². The average Bonchev–Trinajstić information content (AvgIpc) is 2.54. The van der Waals surface area contributed by atoms with Crippen LogP contribution in [0.1, 0.15) is 23.2 Å². The van der Waals surface area contributed by atoms with Crippen molar-refractivity contribution in [1.82, 2.24) is 4.90 Å². The van der Waals surface area contributed by atoms with Gasteiger partial charge in [-0.3, -0.25) is 4.79 Å². The lowest BCUT2D eigenvalue weighted by Crippen LogP contribution is -2.41. The number of para-hydroxylation sites is 1. The lowest BCUT2D eigenvalue weighted by molar-refractivity contribution is 0.0362. The molecule has 0 radical (unpaired) electrons. The highest BCUT2D eigenvalue weighted by atomic mass is 16.5. The molecule has 0 saturated carbocycles. The van der Waals surface area contributed by atoms with Gasteiger partial charge in [0.15, 0.2) is 0 Å². The predicted octanol–water partition coefficient (Wildman–Crippen LogP) is 1.77. The summed E-state index contributed by atoms with van der Waals surface area (Å²) in [4.78, 5) is 14.6. The maximum atomic E-state index is 12.7. The number of benzene rings is 1. The molecule has 5 nitrogen and oxygen atoms in total. The number of carbonyl (C=O) groups excluding carboxylic acids is 1. The highest BCUT2D eigenvalue weighted by molar-refractivity contribution is 6.02. The summed E-state index contributed by atoms with van der Waals surface area (Å²) in [5, 5.41) is 6.66. The number of ether oxygens (including phenoxy) is 1. The number of nitrogens with one attached hydrogen (secondary N) is 2. The molecule has 1 aromatic carbocycles. The Bertz CT molecular complexity index is 498. The highest BCUT2D eigenvalue weighted by Gasteiger charge is 2.26. The third-order valence-electron chi connectivity index (χ3n) is 4.10. The lowest BCUT2D eigenvalue weighted by Gasteiger charge is -2.32. The Morgan fingerprint density at radius 2 is 2.00 bits per heavy atom. The number of fused-ring (bicyclic) bond motifs is 1. The molecular formula is C15H21N3O2. The number of anilines is 2. The number of nitrogens with zero attached hydrogens (tertiary/aromatic N) is 1. The third-order valence-corrected chi connectivity index (χ3v) is 4.10. The van der Waals surface area contributed by atoms with Crippen LogP contribution in [0.5, 0.6) is 0 Å². The van der Waals surface area contributed by atoms with E-state index in [9.17, 15) is 4.79 Å². The summed E-state index contributed by atoms with van der Waals surface area (Å²) in [7, 11) is 1.90. The van der Waals surface area contributed by atoms with Crippen LogP contribution in [-0.4, -0.2) is 50.2 Å². The Labute approximate surface area is 119 Å². The van der Waals surface area contributed by atoms with Crippen LogP contribution < -0.4 is 10.6 Å². The molecule has 0 atom stereocenters. The molecule has 0 bridgehead atoms. The van der Waals surface area contributed by atoms with E-state index in [1.165, 1.54) is 0 Å². The van der Waals surface area contributed by atoms with E-state index < -0.39 is 0 Å². The topological polar surface area (TPSA) is 53.6 Å². The summed E-state index contributed by atoms with van der Waals surface area (Å²) >= 11 is 0. The van der Waals surface area contributed by atoms with Gasteiger partial charge in [0.2, 0.25) is 0 Å². The van der Waals surface area contributed by atoms with Crippen LogP contribution in [0.3, 0.4) is 0 Å². The molecule has 2 aliphatic heterocycles. The van der Waals surface area contributed by atoms with E-state index in [1.807, 2.05) is 30.1 Å². The zero-order valence-electron chi connectivity index (χ0n) is 11.8. The van der Waals surface area contributed by atoms with Gasteiger partial charge in [0.25, 0.3) is 5.91 Å². The summed E-state index contributed by atoms with van der Waals surface area (Å²) in [5.41, 5.74) is 2.70. The van der Waals surface area contributed by atoms with Gasteiger partial charge in [0.1, 0.15) is 0 Å². The summed E-state index contributed by atoms with van der Waals surface area (Å²) in [5.74, 6) is 0.0879. The number of hydrogen-bond acceptors (Lipinski definition) is 4. The van der Waals surface area contributed by atoms with Crippen LogP contribution in [0.15, 0.2) is 18.2 Å². The van der Waals surface area contributed by atoms with E-state index in [4.69, 9.17) is 4.74 Å². The minimum Gasteiger partial charge on any atom is -0.382 e. The van der Waals surface area contributed by atoms with Crippen LogP contribution in [0.25, 0.3) is 0 Å². The third kappa shape index (κ3) is 2.45. The second kappa shape index (κ2) is 5.71. The first-order chi connectivity index (χ1) is 9.77. The number of amides is 1. The molecule has 1 saturated heterocycles. The van der Waals surface area contributed by atoms with Gasteiger partial charge in [-0.25, -0.2) is 0 Å². The molecule has 20 heavy (non-hydrogen) atoms. The van der Waals surface area contributed by atoms with Crippen molar-refractivity contribution in [2.45, 2.75) is 18.9 Å². The van der Waals surface area contributed by atoms with E-state index in [1.54, 1.807) is 0 Å². The summed E-state index contributed by atoms with van der Waals surface area (Å²) < 4.78 is 5.37. The molecule has 2 aliphatic rings. The number of rotatable bonds is 2. The molecule has 5 heteroatoms. The molecular weight excluding hydrogens is 254 g/mol. The van der Waals surface area contributed by atoms with Crippen molar-refractivity contribution < 1.29 is 9.53 Å². The highest BCUT2D eigenvalue weighted by Crippen LogP contribution is 2.29. The quantitative estimate of drug-likeness (QED) is 0.864. The van der Waals surface area contributed by atoms with Gasteiger partial charge in [-0.15, -0.1) is 0 Å². The summed E-state index contributed by atoms with van der Waals surface area (Å²) in [6, 6.07) is 6.12. The van der Waals surface area contributed by atoms with Crippen molar-refractivity contribution in [2.24, 2.45) is 0 Å². The Kier molecular flexibility index (Phi) is 3.78. The van der Waals surface area contributed by atoms with Crippen molar-refractivity contribution in [3.8, 4) is 0 Å². The van der Waals surface area contributed by atoms with Crippen LogP contribution >= 0.6 is 0 Å². The molecule has 108 valence electrons. The molecule has 0 aromatic heterocycles. The smallest absolute Gasteiger partial charge is 0.256 e. The number of hydrogen-bond donors (Lipinski definition) is 2. The van der Waals surface area contributed by atoms with Crippen LogP contribution in [0.2, 0.25) is 0 Å². The fourth-order valence-corrected chi connectivity index (χ4v) is 2.88. The SMILES string of the molecule is CN(C(=O)c1cccc2c1NCCN2)C1CCOCC1. The van der Waals surface area contributed by atoms with E-state index in [2.05, 4.69) is 10.6 Å². The molecule has 1 aromatic rings. The normalized spacial score (nSPS) is 18.6. The largest absolute Gasteiger partial charge is 0.382 e. The van der Waals surface area contributed by atoms with Crippen LogP contribution in [0.4, 0.5) is 11.4 Å². The van der Waals surface area contributed by atoms with Crippen molar-refractivity contribution >= 4 is 17.3 Å².